The summed E-state index contributed by atoms with van der Waals surface area (Å²) in [6, 6.07) is 2.23. The smallest absolute Gasteiger partial charge is 0.0628 e. The monoisotopic (exact) mass is 153 g/mol. The van der Waals surface area contributed by atoms with Gasteiger partial charge in [-0.2, -0.15) is 5.26 Å². The van der Waals surface area contributed by atoms with Crippen LogP contribution in [0.25, 0.3) is 0 Å². The van der Waals surface area contributed by atoms with Gasteiger partial charge in [0.1, 0.15) is 0 Å². The largest absolute Gasteiger partial charge is 0.329 e. The van der Waals surface area contributed by atoms with E-state index in [4.69, 9.17) is 11.0 Å². The first-order valence-corrected chi connectivity index (χ1v) is 4.11. The predicted molar refractivity (Wildman–Crippen MR) is 43.8 cm³/mol. The van der Waals surface area contributed by atoms with Crippen LogP contribution in [0.4, 0.5) is 0 Å². The standard InChI is InChI=1S/C8H15N3/c9-4-3-8(1-2-8)7-11-6-5-10/h11H,1-3,5-7,10H2. The first-order chi connectivity index (χ1) is 5.33. The molecule has 1 aliphatic rings. The Morgan fingerprint density at radius 3 is 2.73 bits per heavy atom. The van der Waals surface area contributed by atoms with E-state index in [1.54, 1.807) is 0 Å². The number of nitrogens with one attached hydrogen (secondary N) is 1. The SMILES string of the molecule is N#CCC1(CNCCN)CC1. The molecule has 0 aromatic heterocycles. The zero-order valence-corrected chi connectivity index (χ0v) is 6.77. The Kier molecular flexibility index (Phi) is 2.86. The van der Waals surface area contributed by atoms with E-state index in [2.05, 4.69) is 11.4 Å². The summed E-state index contributed by atoms with van der Waals surface area (Å²) < 4.78 is 0. The Bertz CT molecular complexity index is 155. The molecule has 1 fully saturated rings. The summed E-state index contributed by atoms with van der Waals surface area (Å²) in [5.74, 6) is 0. The summed E-state index contributed by atoms with van der Waals surface area (Å²) in [7, 11) is 0. The van der Waals surface area contributed by atoms with Gasteiger partial charge in [-0.25, -0.2) is 0 Å². The quantitative estimate of drug-likeness (QED) is 0.556. The highest BCUT2D eigenvalue weighted by atomic mass is 14.9. The minimum Gasteiger partial charge on any atom is -0.329 e. The van der Waals surface area contributed by atoms with Gasteiger partial charge in [0.25, 0.3) is 0 Å². The van der Waals surface area contributed by atoms with E-state index in [1.165, 1.54) is 12.8 Å². The summed E-state index contributed by atoms with van der Waals surface area (Å²) in [4.78, 5) is 0. The Balaban J connectivity index is 2.10. The molecule has 11 heavy (non-hydrogen) atoms. The van der Waals surface area contributed by atoms with Crippen molar-refractivity contribution in [2.75, 3.05) is 19.6 Å². The lowest BCUT2D eigenvalue weighted by Crippen LogP contribution is -2.28. The zero-order chi connectivity index (χ0) is 8.16. The molecule has 0 amide bonds. The van der Waals surface area contributed by atoms with Gasteiger partial charge in [-0.05, 0) is 18.3 Å². The highest BCUT2D eigenvalue weighted by molar-refractivity contribution is 5.00. The van der Waals surface area contributed by atoms with Gasteiger partial charge < -0.3 is 11.1 Å². The third-order valence-corrected chi connectivity index (χ3v) is 2.23. The summed E-state index contributed by atoms with van der Waals surface area (Å²) in [6.07, 6.45) is 3.11. The van der Waals surface area contributed by atoms with E-state index in [0.29, 0.717) is 18.4 Å². The van der Waals surface area contributed by atoms with Gasteiger partial charge >= 0.3 is 0 Å². The van der Waals surface area contributed by atoms with Gasteiger partial charge in [-0.15, -0.1) is 0 Å². The molecule has 62 valence electrons. The minimum absolute atomic E-state index is 0.323. The minimum atomic E-state index is 0.323. The fourth-order valence-corrected chi connectivity index (χ4v) is 1.22. The lowest BCUT2D eigenvalue weighted by Gasteiger charge is -2.10. The maximum Gasteiger partial charge on any atom is 0.0628 e. The van der Waals surface area contributed by atoms with Crippen molar-refractivity contribution in [1.29, 1.82) is 5.26 Å². The second-order valence-electron chi connectivity index (χ2n) is 3.30. The molecule has 0 atom stereocenters. The molecular formula is C8H15N3. The van der Waals surface area contributed by atoms with E-state index in [-0.39, 0.29) is 0 Å². The Morgan fingerprint density at radius 1 is 1.55 bits per heavy atom. The Morgan fingerprint density at radius 2 is 2.27 bits per heavy atom. The van der Waals surface area contributed by atoms with Gasteiger partial charge in [-0.1, -0.05) is 0 Å². The van der Waals surface area contributed by atoms with E-state index in [0.717, 1.165) is 13.1 Å². The van der Waals surface area contributed by atoms with E-state index >= 15 is 0 Å². The number of rotatable bonds is 5. The molecule has 0 heterocycles. The zero-order valence-electron chi connectivity index (χ0n) is 6.77. The van der Waals surface area contributed by atoms with Crippen LogP contribution in [0.2, 0.25) is 0 Å². The highest BCUT2D eigenvalue weighted by Gasteiger charge is 2.41. The second kappa shape index (κ2) is 3.70. The van der Waals surface area contributed by atoms with Crippen LogP contribution in [-0.4, -0.2) is 19.6 Å². The summed E-state index contributed by atoms with van der Waals surface area (Å²) in [5.41, 5.74) is 5.65. The van der Waals surface area contributed by atoms with E-state index < -0.39 is 0 Å². The normalized spacial score (nSPS) is 19.3. The molecule has 0 bridgehead atoms. The van der Waals surface area contributed by atoms with Crippen molar-refractivity contribution in [3.63, 3.8) is 0 Å². The lowest BCUT2D eigenvalue weighted by molar-refractivity contribution is 0.471. The molecule has 0 radical (unpaired) electrons. The summed E-state index contributed by atoms with van der Waals surface area (Å²) in [6.45, 7) is 2.52. The van der Waals surface area contributed by atoms with Crippen LogP contribution in [0, 0.1) is 16.7 Å². The molecular weight excluding hydrogens is 138 g/mol. The second-order valence-corrected chi connectivity index (χ2v) is 3.30. The van der Waals surface area contributed by atoms with Crippen LogP contribution >= 0.6 is 0 Å². The number of nitrogens with zero attached hydrogens (tertiary/aromatic N) is 1. The molecule has 3 N–H and O–H groups in total. The van der Waals surface area contributed by atoms with Crippen molar-refractivity contribution in [1.82, 2.24) is 5.32 Å². The molecule has 1 rings (SSSR count). The average molecular weight is 153 g/mol. The van der Waals surface area contributed by atoms with Crippen LogP contribution in [-0.2, 0) is 0 Å². The van der Waals surface area contributed by atoms with Crippen molar-refractivity contribution in [3.05, 3.63) is 0 Å². The lowest BCUT2D eigenvalue weighted by atomic mass is 10.0. The number of hydrogen-bond acceptors (Lipinski definition) is 3. The molecule has 0 aromatic carbocycles. The van der Waals surface area contributed by atoms with Crippen molar-refractivity contribution >= 4 is 0 Å². The van der Waals surface area contributed by atoms with Crippen LogP contribution < -0.4 is 11.1 Å². The molecule has 0 unspecified atom stereocenters. The van der Waals surface area contributed by atoms with Crippen LogP contribution in [0.1, 0.15) is 19.3 Å². The fourth-order valence-electron chi connectivity index (χ4n) is 1.22. The Labute approximate surface area is 67.6 Å². The molecule has 1 aliphatic carbocycles. The van der Waals surface area contributed by atoms with Crippen molar-refractivity contribution in [2.45, 2.75) is 19.3 Å². The maximum absolute atomic E-state index is 8.50. The maximum atomic E-state index is 8.50. The van der Waals surface area contributed by atoms with Gasteiger partial charge in [0.15, 0.2) is 0 Å². The van der Waals surface area contributed by atoms with E-state index in [9.17, 15) is 0 Å². The highest BCUT2D eigenvalue weighted by Crippen LogP contribution is 2.47. The van der Waals surface area contributed by atoms with Crippen LogP contribution in [0.15, 0.2) is 0 Å². The van der Waals surface area contributed by atoms with Gasteiger partial charge in [0.2, 0.25) is 0 Å². The summed E-state index contributed by atoms with van der Waals surface area (Å²) in [5, 5.41) is 11.7. The number of hydrogen-bond donors (Lipinski definition) is 2. The van der Waals surface area contributed by atoms with Crippen LogP contribution in [0.3, 0.4) is 0 Å². The van der Waals surface area contributed by atoms with Gasteiger partial charge in [0.05, 0.1) is 6.07 Å². The average Bonchev–Trinajstić information content (AvgIpc) is 2.71. The topological polar surface area (TPSA) is 61.8 Å². The number of nitrogens with two attached hydrogens (primary N) is 1. The third-order valence-electron chi connectivity index (χ3n) is 2.23. The molecule has 0 saturated heterocycles. The van der Waals surface area contributed by atoms with Gasteiger partial charge in [0, 0.05) is 26.1 Å². The van der Waals surface area contributed by atoms with Crippen molar-refractivity contribution in [2.24, 2.45) is 11.1 Å². The van der Waals surface area contributed by atoms with Gasteiger partial charge in [-0.3, -0.25) is 0 Å². The first kappa shape index (κ1) is 8.51. The molecule has 0 spiro atoms. The molecule has 1 saturated carbocycles. The first-order valence-electron chi connectivity index (χ1n) is 4.11. The summed E-state index contributed by atoms with van der Waals surface area (Å²) >= 11 is 0. The Hall–Kier alpha value is -0.590. The molecule has 0 aliphatic heterocycles. The molecule has 0 aromatic rings. The third kappa shape index (κ3) is 2.49. The fraction of sp³-hybridized carbons (Fsp3) is 0.875. The van der Waals surface area contributed by atoms with Crippen molar-refractivity contribution in [3.8, 4) is 6.07 Å². The van der Waals surface area contributed by atoms with E-state index in [1.807, 2.05) is 0 Å². The van der Waals surface area contributed by atoms with Crippen molar-refractivity contribution < 1.29 is 0 Å². The molecule has 3 nitrogen and oxygen atoms in total. The van der Waals surface area contributed by atoms with Crippen LogP contribution in [0.5, 0.6) is 0 Å². The number of nitriles is 1. The molecule has 3 heteroatoms. The predicted octanol–water partition coefficient (Wildman–Crippen LogP) is 0.229.